The quantitative estimate of drug-likeness (QED) is 0.839. The molecule has 2 saturated carbocycles. The molecule has 1 aromatic heterocycles. The lowest BCUT2D eigenvalue weighted by Gasteiger charge is -2.06. The smallest absolute Gasteiger partial charge is 0.256 e. The average molecular weight is 348 g/mol. The second kappa shape index (κ2) is 6.95. The van der Waals surface area contributed by atoms with Gasteiger partial charge in [-0.3, -0.25) is 4.79 Å². The van der Waals surface area contributed by atoms with E-state index < -0.39 is 0 Å². The minimum absolute atomic E-state index is 0. The van der Waals surface area contributed by atoms with Gasteiger partial charge in [-0.2, -0.15) is 0 Å². The second-order valence-corrected chi connectivity index (χ2v) is 6.70. The first-order chi connectivity index (χ1) is 11.2. The predicted octanol–water partition coefficient (Wildman–Crippen LogP) is 3.51. The van der Waals surface area contributed by atoms with Gasteiger partial charge in [-0.05, 0) is 56.3 Å². The number of rotatable bonds is 6. The predicted molar refractivity (Wildman–Crippen MR) is 94.8 cm³/mol. The highest BCUT2D eigenvalue weighted by molar-refractivity contribution is 6.03. The molecule has 0 spiro atoms. The number of carbonyl (C=O) groups excluding carboxylic acids is 1. The zero-order valence-electron chi connectivity index (χ0n) is 13.6. The first-order valence-electron chi connectivity index (χ1n) is 8.27. The van der Waals surface area contributed by atoms with Crippen molar-refractivity contribution in [1.29, 1.82) is 0 Å². The van der Waals surface area contributed by atoms with Crippen LogP contribution in [-0.4, -0.2) is 23.7 Å². The van der Waals surface area contributed by atoms with Gasteiger partial charge in [-0.1, -0.05) is 17.3 Å². The number of carbonyl (C=O) groups is 1. The topological polar surface area (TPSA) is 67.2 Å². The summed E-state index contributed by atoms with van der Waals surface area (Å²) in [6.07, 6.45) is 3.92. The van der Waals surface area contributed by atoms with Crippen molar-refractivity contribution < 1.29 is 9.32 Å². The number of anilines is 1. The van der Waals surface area contributed by atoms with Crippen LogP contribution < -0.4 is 10.6 Å². The van der Waals surface area contributed by atoms with Crippen molar-refractivity contribution in [1.82, 2.24) is 10.5 Å². The molecule has 5 nitrogen and oxygen atoms in total. The number of nitrogens with zero attached hydrogens (tertiary/aromatic N) is 1. The molecule has 2 aromatic rings. The maximum Gasteiger partial charge on any atom is 0.256 e. The van der Waals surface area contributed by atoms with Crippen molar-refractivity contribution in [3.8, 4) is 0 Å². The molecule has 2 aliphatic rings. The van der Waals surface area contributed by atoms with Gasteiger partial charge < -0.3 is 15.2 Å². The molecule has 1 amide bonds. The van der Waals surface area contributed by atoms with Crippen LogP contribution in [0.25, 0.3) is 0 Å². The van der Waals surface area contributed by atoms with Crippen LogP contribution in [0.5, 0.6) is 0 Å². The van der Waals surface area contributed by atoms with E-state index in [9.17, 15) is 4.79 Å². The van der Waals surface area contributed by atoms with E-state index >= 15 is 0 Å². The number of nitrogens with one attached hydrogen (secondary N) is 2. The Balaban J connectivity index is 0.00000169. The highest BCUT2D eigenvalue weighted by Crippen LogP contribution is 2.41. The Morgan fingerprint density at radius 2 is 2.17 bits per heavy atom. The Morgan fingerprint density at radius 3 is 2.88 bits per heavy atom. The number of hydrogen-bond donors (Lipinski definition) is 2. The van der Waals surface area contributed by atoms with E-state index in [2.05, 4.69) is 21.9 Å². The van der Waals surface area contributed by atoms with Gasteiger partial charge in [-0.25, -0.2) is 0 Å². The van der Waals surface area contributed by atoms with Crippen LogP contribution in [0.1, 0.15) is 46.9 Å². The fraction of sp³-hybridized carbons (Fsp3) is 0.444. The molecule has 0 radical (unpaired) electrons. The zero-order valence-corrected chi connectivity index (χ0v) is 14.4. The summed E-state index contributed by atoms with van der Waals surface area (Å²) in [6, 6.07) is 10.2. The minimum atomic E-state index is -0.150. The van der Waals surface area contributed by atoms with Gasteiger partial charge in [-0.15, -0.1) is 12.4 Å². The molecule has 2 N–H and O–H groups in total. The van der Waals surface area contributed by atoms with E-state index in [0.29, 0.717) is 29.1 Å². The lowest BCUT2D eigenvalue weighted by Crippen LogP contribution is -2.20. The summed E-state index contributed by atoms with van der Waals surface area (Å²) >= 11 is 0. The molecule has 24 heavy (non-hydrogen) atoms. The number of halogens is 1. The summed E-state index contributed by atoms with van der Waals surface area (Å²) in [4.78, 5) is 12.3. The van der Waals surface area contributed by atoms with Crippen molar-refractivity contribution in [2.24, 2.45) is 5.92 Å². The van der Waals surface area contributed by atoms with Crippen molar-refractivity contribution in [2.45, 2.75) is 38.1 Å². The van der Waals surface area contributed by atoms with E-state index in [4.69, 9.17) is 4.52 Å². The molecule has 1 heterocycles. The number of hydrogen-bond acceptors (Lipinski definition) is 4. The molecule has 0 aliphatic heterocycles. The van der Waals surface area contributed by atoms with E-state index in [1.165, 1.54) is 24.8 Å². The number of benzene rings is 1. The molecular formula is C18H22ClN3O2. The van der Waals surface area contributed by atoms with E-state index in [-0.39, 0.29) is 18.3 Å². The summed E-state index contributed by atoms with van der Waals surface area (Å²) in [7, 11) is 0. The Labute approximate surface area is 147 Å². The highest BCUT2D eigenvalue weighted by atomic mass is 35.5. The van der Waals surface area contributed by atoms with Crippen LogP contribution in [0, 0.1) is 12.8 Å². The SMILES string of the molecule is Cc1cc(NC(=O)c2cccc([C@@H]3C[C@H]3NCC3CC3)c2)no1.Cl. The van der Waals surface area contributed by atoms with Crippen LogP contribution in [0.3, 0.4) is 0 Å². The van der Waals surface area contributed by atoms with E-state index in [0.717, 1.165) is 12.5 Å². The fourth-order valence-corrected chi connectivity index (χ4v) is 2.95. The van der Waals surface area contributed by atoms with Crippen molar-refractivity contribution in [2.75, 3.05) is 11.9 Å². The molecule has 0 saturated heterocycles. The molecular weight excluding hydrogens is 326 g/mol. The highest BCUT2D eigenvalue weighted by Gasteiger charge is 2.39. The van der Waals surface area contributed by atoms with Gasteiger partial charge in [0.05, 0.1) is 0 Å². The van der Waals surface area contributed by atoms with E-state index in [1.54, 1.807) is 13.0 Å². The molecule has 6 heteroatoms. The van der Waals surface area contributed by atoms with E-state index in [1.807, 2.05) is 18.2 Å². The Morgan fingerprint density at radius 1 is 1.33 bits per heavy atom. The van der Waals surface area contributed by atoms with Crippen LogP contribution in [-0.2, 0) is 0 Å². The van der Waals surface area contributed by atoms with Gasteiger partial charge in [0.2, 0.25) is 0 Å². The summed E-state index contributed by atoms with van der Waals surface area (Å²) in [5, 5.41) is 10.2. The molecule has 2 fully saturated rings. The molecule has 2 aliphatic carbocycles. The van der Waals surface area contributed by atoms with Crippen molar-refractivity contribution >= 4 is 24.1 Å². The minimum Gasteiger partial charge on any atom is -0.360 e. The third-order valence-electron chi connectivity index (χ3n) is 4.60. The monoisotopic (exact) mass is 347 g/mol. The third kappa shape index (κ3) is 3.97. The molecule has 1 aromatic carbocycles. The van der Waals surface area contributed by atoms with Gasteiger partial charge in [0.1, 0.15) is 5.76 Å². The maximum atomic E-state index is 12.3. The van der Waals surface area contributed by atoms with Crippen LogP contribution in [0.2, 0.25) is 0 Å². The molecule has 128 valence electrons. The Kier molecular flexibility index (Phi) is 4.92. The van der Waals surface area contributed by atoms with Crippen LogP contribution in [0.15, 0.2) is 34.9 Å². The molecule has 0 unspecified atom stereocenters. The van der Waals surface area contributed by atoms with Gasteiger partial charge in [0.15, 0.2) is 5.82 Å². The molecule has 2 atom stereocenters. The standard InChI is InChI=1S/C18H21N3O2.ClH/c1-11-7-17(21-23-11)20-18(22)14-4-2-3-13(8-14)15-9-16(15)19-10-12-5-6-12;/h2-4,7-8,12,15-16,19H,5-6,9-10H2,1H3,(H,20,21,22);1H/t15-,16+;/m0./s1. The first kappa shape index (κ1) is 17.0. The molecule has 0 bridgehead atoms. The Bertz CT molecular complexity index is 727. The number of aryl methyl sites for hydroxylation is 1. The normalized spacial score (nSPS) is 21.9. The lowest BCUT2D eigenvalue weighted by molar-refractivity contribution is 0.102. The fourth-order valence-electron chi connectivity index (χ4n) is 2.95. The van der Waals surface area contributed by atoms with Crippen LogP contribution in [0.4, 0.5) is 5.82 Å². The summed E-state index contributed by atoms with van der Waals surface area (Å²) < 4.78 is 4.97. The number of aromatic nitrogens is 1. The summed E-state index contributed by atoms with van der Waals surface area (Å²) in [5.41, 5.74) is 1.90. The number of amides is 1. The summed E-state index contributed by atoms with van der Waals surface area (Å²) in [5.74, 6) is 2.42. The Hall–Kier alpha value is -1.85. The first-order valence-corrected chi connectivity index (χ1v) is 8.27. The molecule has 4 rings (SSSR count). The van der Waals surface area contributed by atoms with Gasteiger partial charge in [0, 0.05) is 23.6 Å². The van der Waals surface area contributed by atoms with Crippen molar-refractivity contribution in [3.63, 3.8) is 0 Å². The van der Waals surface area contributed by atoms with Crippen molar-refractivity contribution in [3.05, 3.63) is 47.2 Å². The third-order valence-corrected chi connectivity index (χ3v) is 4.60. The van der Waals surface area contributed by atoms with Gasteiger partial charge in [0.25, 0.3) is 5.91 Å². The van der Waals surface area contributed by atoms with Gasteiger partial charge >= 0.3 is 0 Å². The summed E-state index contributed by atoms with van der Waals surface area (Å²) in [6.45, 7) is 2.94. The average Bonchev–Trinajstić information content (AvgIpc) is 3.45. The van der Waals surface area contributed by atoms with Crippen LogP contribution >= 0.6 is 12.4 Å². The lowest BCUT2D eigenvalue weighted by atomic mass is 10.1. The maximum absolute atomic E-state index is 12.3. The zero-order chi connectivity index (χ0) is 15.8. The second-order valence-electron chi connectivity index (χ2n) is 6.70. The largest absolute Gasteiger partial charge is 0.360 e.